The lowest BCUT2D eigenvalue weighted by Crippen LogP contribution is -2.56. The van der Waals surface area contributed by atoms with Crippen LogP contribution in [0.3, 0.4) is 0 Å². The highest BCUT2D eigenvalue weighted by Crippen LogP contribution is 2.23. The normalized spacial score (nSPS) is 23.8. The van der Waals surface area contributed by atoms with Crippen molar-refractivity contribution in [2.45, 2.75) is 25.9 Å². The first-order valence-electron chi connectivity index (χ1n) is 6.71. The minimum Gasteiger partial charge on any atom is -0.335 e. The lowest BCUT2D eigenvalue weighted by atomic mass is 10.1. The number of hydrogen-bond acceptors (Lipinski definition) is 4. The maximum absolute atomic E-state index is 12.7. The summed E-state index contributed by atoms with van der Waals surface area (Å²) in [6.07, 6.45) is 0. The lowest BCUT2D eigenvalue weighted by Gasteiger charge is -2.42. The van der Waals surface area contributed by atoms with Gasteiger partial charge in [-0.25, -0.2) is 0 Å². The summed E-state index contributed by atoms with van der Waals surface area (Å²) in [5.41, 5.74) is 3.67. The molecule has 0 spiro atoms. The molecule has 1 fully saturated rings. The van der Waals surface area contributed by atoms with Gasteiger partial charge in [-0.05, 0) is 39.1 Å². The Hall–Kier alpha value is -1.30. The number of hydrazine groups is 1. The summed E-state index contributed by atoms with van der Waals surface area (Å²) in [6, 6.07) is 5.75. The average molecular weight is 297 g/mol. The van der Waals surface area contributed by atoms with Crippen molar-refractivity contribution in [1.29, 1.82) is 0 Å². The number of hydrogen-bond donors (Lipinski definition) is 2. The van der Waals surface area contributed by atoms with Crippen molar-refractivity contribution in [3.05, 3.63) is 28.8 Å². The molecule has 0 radical (unpaired) electrons. The van der Waals surface area contributed by atoms with Gasteiger partial charge in [0.1, 0.15) is 0 Å². The standard InChI is InChI=1S/C14H21ClN4O/c1-9-7-19(8-10(2)18(9)3)14(20)12-6-11(15)4-5-13(12)17-16/h4-6,9-10,17H,7-8,16H2,1-3H3. The van der Waals surface area contributed by atoms with Crippen LogP contribution < -0.4 is 11.3 Å². The van der Waals surface area contributed by atoms with Crippen molar-refractivity contribution < 1.29 is 4.79 Å². The number of benzene rings is 1. The van der Waals surface area contributed by atoms with Crippen LogP contribution in [0.2, 0.25) is 5.02 Å². The van der Waals surface area contributed by atoms with E-state index in [4.69, 9.17) is 17.4 Å². The van der Waals surface area contributed by atoms with Gasteiger partial charge in [0.2, 0.25) is 0 Å². The van der Waals surface area contributed by atoms with Crippen LogP contribution in [-0.4, -0.2) is 47.9 Å². The number of nitrogens with zero attached hydrogens (tertiary/aromatic N) is 2. The molecule has 1 aromatic carbocycles. The van der Waals surface area contributed by atoms with E-state index < -0.39 is 0 Å². The molecular formula is C14H21ClN4O. The minimum absolute atomic E-state index is 0.0350. The van der Waals surface area contributed by atoms with Gasteiger partial charge in [0.05, 0.1) is 11.3 Å². The van der Waals surface area contributed by atoms with E-state index in [1.807, 2.05) is 4.90 Å². The molecule has 0 bridgehead atoms. The second-order valence-electron chi connectivity index (χ2n) is 5.41. The van der Waals surface area contributed by atoms with Crippen LogP contribution in [0.4, 0.5) is 5.69 Å². The van der Waals surface area contributed by atoms with Crippen LogP contribution in [-0.2, 0) is 0 Å². The van der Waals surface area contributed by atoms with E-state index in [1.165, 1.54) is 0 Å². The summed E-state index contributed by atoms with van der Waals surface area (Å²) >= 11 is 5.99. The molecule has 1 aliphatic rings. The van der Waals surface area contributed by atoms with Crippen molar-refractivity contribution in [3.8, 4) is 0 Å². The van der Waals surface area contributed by atoms with E-state index >= 15 is 0 Å². The third-order valence-corrected chi connectivity index (χ3v) is 4.25. The molecule has 1 amide bonds. The number of anilines is 1. The molecule has 5 nitrogen and oxygen atoms in total. The Morgan fingerprint density at radius 3 is 2.50 bits per heavy atom. The van der Waals surface area contributed by atoms with Crippen LogP contribution in [0.5, 0.6) is 0 Å². The Morgan fingerprint density at radius 2 is 1.95 bits per heavy atom. The third kappa shape index (κ3) is 2.90. The first-order valence-corrected chi connectivity index (χ1v) is 7.09. The second-order valence-corrected chi connectivity index (χ2v) is 5.84. The molecule has 20 heavy (non-hydrogen) atoms. The summed E-state index contributed by atoms with van der Waals surface area (Å²) in [4.78, 5) is 16.8. The second kappa shape index (κ2) is 5.99. The molecule has 2 rings (SSSR count). The Balaban J connectivity index is 2.25. The van der Waals surface area contributed by atoms with Gasteiger partial charge in [0, 0.05) is 30.2 Å². The number of amides is 1. The monoisotopic (exact) mass is 296 g/mol. The summed E-state index contributed by atoms with van der Waals surface area (Å²) in [5, 5.41) is 0.530. The molecule has 2 atom stereocenters. The maximum atomic E-state index is 12.7. The van der Waals surface area contributed by atoms with Crippen molar-refractivity contribution in [2.75, 3.05) is 25.6 Å². The smallest absolute Gasteiger partial charge is 0.256 e. The van der Waals surface area contributed by atoms with E-state index in [1.54, 1.807) is 18.2 Å². The van der Waals surface area contributed by atoms with E-state index in [0.717, 1.165) is 0 Å². The molecule has 110 valence electrons. The zero-order valence-corrected chi connectivity index (χ0v) is 12.8. The molecule has 1 heterocycles. The van der Waals surface area contributed by atoms with Gasteiger partial charge in [-0.2, -0.15) is 0 Å². The molecule has 0 saturated carbocycles. The van der Waals surface area contributed by atoms with Crippen LogP contribution in [0, 0.1) is 0 Å². The van der Waals surface area contributed by atoms with Gasteiger partial charge in [-0.15, -0.1) is 0 Å². The summed E-state index contributed by atoms with van der Waals surface area (Å²) < 4.78 is 0. The molecule has 1 aromatic rings. The highest BCUT2D eigenvalue weighted by Gasteiger charge is 2.30. The molecular weight excluding hydrogens is 276 g/mol. The first kappa shape index (κ1) is 15.1. The van der Waals surface area contributed by atoms with Crippen molar-refractivity contribution >= 4 is 23.2 Å². The highest BCUT2D eigenvalue weighted by atomic mass is 35.5. The van der Waals surface area contributed by atoms with Crippen molar-refractivity contribution in [2.24, 2.45) is 5.84 Å². The topological polar surface area (TPSA) is 61.6 Å². The van der Waals surface area contributed by atoms with Gasteiger partial charge >= 0.3 is 0 Å². The van der Waals surface area contributed by atoms with E-state index in [9.17, 15) is 4.79 Å². The van der Waals surface area contributed by atoms with Crippen molar-refractivity contribution in [3.63, 3.8) is 0 Å². The number of carbonyl (C=O) groups excluding carboxylic acids is 1. The van der Waals surface area contributed by atoms with E-state index in [0.29, 0.717) is 41.4 Å². The molecule has 1 saturated heterocycles. The molecule has 2 unspecified atom stereocenters. The quantitative estimate of drug-likeness (QED) is 0.645. The van der Waals surface area contributed by atoms with Gasteiger partial charge in [-0.1, -0.05) is 11.6 Å². The van der Waals surface area contributed by atoms with Crippen LogP contribution in [0.1, 0.15) is 24.2 Å². The third-order valence-electron chi connectivity index (χ3n) is 4.01. The Kier molecular flexibility index (Phi) is 4.52. The number of nitrogen functional groups attached to an aromatic ring is 1. The summed E-state index contributed by atoms with van der Waals surface area (Å²) in [7, 11) is 2.09. The maximum Gasteiger partial charge on any atom is 0.256 e. The number of rotatable bonds is 2. The van der Waals surface area contributed by atoms with Crippen molar-refractivity contribution in [1.82, 2.24) is 9.80 Å². The Bertz CT molecular complexity index is 496. The Morgan fingerprint density at radius 1 is 1.35 bits per heavy atom. The fourth-order valence-corrected chi connectivity index (χ4v) is 2.73. The zero-order chi connectivity index (χ0) is 14.9. The summed E-state index contributed by atoms with van der Waals surface area (Å²) in [5.74, 6) is 5.44. The largest absolute Gasteiger partial charge is 0.335 e. The molecule has 0 aromatic heterocycles. The molecule has 1 aliphatic heterocycles. The predicted octanol–water partition coefficient (Wildman–Crippen LogP) is 1.79. The molecule has 6 heteroatoms. The lowest BCUT2D eigenvalue weighted by molar-refractivity contribution is 0.0415. The number of likely N-dealkylation sites (N-methyl/N-ethyl adjacent to an activating group) is 1. The molecule has 3 N–H and O–H groups in total. The van der Waals surface area contributed by atoms with Gasteiger partial charge in [-0.3, -0.25) is 15.5 Å². The van der Waals surface area contributed by atoms with Gasteiger partial charge < -0.3 is 10.3 Å². The number of piperazine rings is 1. The van der Waals surface area contributed by atoms with Crippen LogP contribution in [0.25, 0.3) is 0 Å². The Labute approximate surface area is 124 Å². The molecule has 0 aliphatic carbocycles. The SMILES string of the molecule is CC1CN(C(=O)c2cc(Cl)ccc2NN)CC(C)N1C. The summed E-state index contributed by atoms with van der Waals surface area (Å²) in [6.45, 7) is 5.65. The van der Waals surface area contributed by atoms with Gasteiger partial charge in [0.25, 0.3) is 5.91 Å². The predicted molar refractivity (Wildman–Crippen MR) is 81.9 cm³/mol. The highest BCUT2D eigenvalue weighted by molar-refractivity contribution is 6.31. The van der Waals surface area contributed by atoms with Crippen LogP contribution in [0.15, 0.2) is 18.2 Å². The van der Waals surface area contributed by atoms with Gasteiger partial charge in [0.15, 0.2) is 0 Å². The minimum atomic E-state index is -0.0350. The number of nitrogens with one attached hydrogen (secondary N) is 1. The van der Waals surface area contributed by atoms with E-state index in [-0.39, 0.29) is 5.91 Å². The fourth-order valence-electron chi connectivity index (χ4n) is 2.56. The fraction of sp³-hybridized carbons (Fsp3) is 0.500. The zero-order valence-electron chi connectivity index (χ0n) is 12.1. The average Bonchev–Trinajstić information content (AvgIpc) is 2.43. The van der Waals surface area contributed by atoms with E-state index in [2.05, 4.69) is 31.2 Å². The number of halogens is 1. The number of carbonyl (C=O) groups is 1. The number of nitrogens with two attached hydrogens (primary N) is 1. The first-order chi connectivity index (χ1) is 9.43. The van der Waals surface area contributed by atoms with Crippen LogP contribution >= 0.6 is 11.6 Å².